The molecule has 0 saturated heterocycles. The molecular weight excluding hydrogens is 284 g/mol. The van der Waals surface area contributed by atoms with Gasteiger partial charge in [-0.2, -0.15) is 0 Å². The quantitative estimate of drug-likeness (QED) is 0.621. The van der Waals surface area contributed by atoms with Gasteiger partial charge in [-0.05, 0) is 18.2 Å². The fraction of sp³-hybridized carbons (Fsp3) is 0.182. The zero-order valence-electron chi connectivity index (χ0n) is 10.3. The molecule has 1 heterocycles. The van der Waals surface area contributed by atoms with Crippen LogP contribution in [0.3, 0.4) is 0 Å². The number of non-ortho nitro benzene ring substituents is 1. The SMILES string of the molecule is NS(=O)(=O)CCNc1ccc([N+](=O)[O-])c2ncccc12. The number of rotatable bonds is 5. The molecule has 0 bridgehead atoms. The number of pyridine rings is 1. The molecule has 0 saturated carbocycles. The number of primary sulfonamides is 1. The highest BCUT2D eigenvalue weighted by atomic mass is 32.2. The van der Waals surface area contributed by atoms with Crippen LogP contribution in [-0.4, -0.2) is 30.6 Å². The van der Waals surface area contributed by atoms with Crippen LogP contribution in [-0.2, 0) is 10.0 Å². The van der Waals surface area contributed by atoms with E-state index in [1.807, 2.05) is 0 Å². The monoisotopic (exact) mass is 296 g/mol. The van der Waals surface area contributed by atoms with Gasteiger partial charge in [-0.25, -0.2) is 18.5 Å². The van der Waals surface area contributed by atoms with E-state index in [-0.39, 0.29) is 23.5 Å². The Kier molecular flexibility index (Phi) is 3.81. The smallest absolute Gasteiger partial charge is 0.295 e. The van der Waals surface area contributed by atoms with Crippen LogP contribution >= 0.6 is 0 Å². The van der Waals surface area contributed by atoms with E-state index in [0.717, 1.165) is 0 Å². The van der Waals surface area contributed by atoms with Crippen LogP contribution in [0.25, 0.3) is 10.9 Å². The maximum absolute atomic E-state index is 10.9. The molecular formula is C11H12N4O4S. The summed E-state index contributed by atoms with van der Waals surface area (Å²) in [7, 11) is -3.56. The molecule has 1 aromatic heterocycles. The van der Waals surface area contributed by atoms with Crippen LogP contribution in [0.5, 0.6) is 0 Å². The third kappa shape index (κ3) is 3.19. The summed E-state index contributed by atoms with van der Waals surface area (Å²) >= 11 is 0. The van der Waals surface area contributed by atoms with Gasteiger partial charge in [-0.1, -0.05) is 0 Å². The zero-order chi connectivity index (χ0) is 14.8. The van der Waals surface area contributed by atoms with E-state index in [4.69, 9.17) is 5.14 Å². The van der Waals surface area contributed by atoms with Crippen LogP contribution in [0.4, 0.5) is 11.4 Å². The fourth-order valence-electron chi connectivity index (χ4n) is 1.79. The van der Waals surface area contributed by atoms with Crippen molar-refractivity contribution in [3.05, 3.63) is 40.6 Å². The number of anilines is 1. The second-order valence-corrected chi connectivity index (χ2v) is 5.82. The van der Waals surface area contributed by atoms with Crippen LogP contribution < -0.4 is 10.5 Å². The maximum Gasteiger partial charge on any atom is 0.295 e. The highest BCUT2D eigenvalue weighted by Crippen LogP contribution is 2.29. The van der Waals surface area contributed by atoms with Crippen molar-refractivity contribution in [1.82, 2.24) is 4.98 Å². The molecule has 2 rings (SSSR count). The van der Waals surface area contributed by atoms with Crippen molar-refractivity contribution in [2.24, 2.45) is 5.14 Å². The molecule has 0 aliphatic heterocycles. The molecule has 0 aliphatic carbocycles. The number of nitrogens with zero attached hydrogens (tertiary/aromatic N) is 2. The topological polar surface area (TPSA) is 128 Å². The lowest BCUT2D eigenvalue weighted by molar-refractivity contribution is -0.383. The Labute approximate surface area is 114 Å². The Morgan fingerprint density at radius 3 is 2.75 bits per heavy atom. The van der Waals surface area contributed by atoms with E-state index in [1.165, 1.54) is 18.3 Å². The minimum atomic E-state index is -3.56. The first-order valence-electron chi connectivity index (χ1n) is 5.65. The summed E-state index contributed by atoms with van der Waals surface area (Å²) in [6.45, 7) is 0.112. The average Bonchev–Trinajstić information content (AvgIpc) is 2.37. The number of hydrogen-bond donors (Lipinski definition) is 2. The summed E-state index contributed by atoms with van der Waals surface area (Å²) < 4.78 is 21.7. The van der Waals surface area contributed by atoms with Crippen molar-refractivity contribution >= 4 is 32.3 Å². The van der Waals surface area contributed by atoms with Crippen molar-refractivity contribution in [2.75, 3.05) is 17.6 Å². The van der Waals surface area contributed by atoms with Crippen molar-refractivity contribution in [3.63, 3.8) is 0 Å². The minimum absolute atomic E-state index is 0.0994. The number of benzene rings is 1. The Morgan fingerprint density at radius 1 is 1.35 bits per heavy atom. The van der Waals surface area contributed by atoms with E-state index in [2.05, 4.69) is 10.3 Å². The predicted octanol–water partition coefficient (Wildman–Crippen LogP) is 0.843. The Balaban J connectivity index is 2.36. The third-order valence-electron chi connectivity index (χ3n) is 2.65. The molecule has 9 heteroatoms. The number of nitrogens with two attached hydrogens (primary N) is 1. The van der Waals surface area contributed by atoms with Gasteiger partial charge in [0, 0.05) is 29.9 Å². The molecule has 0 aliphatic rings. The van der Waals surface area contributed by atoms with Gasteiger partial charge in [-0.3, -0.25) is 10.1 Å². The summed E-state index contributed by atoms with van der Waals surface area (Å²) in [4.78, 5) is 14.4. The molecule has 3 N–H and O–H groups in total. The predicted molar refractivity (Wildman–Crippen MR) is 74.9 cm³/mol. The maximum atomic E-state index is 10.9. The lowest BCUT2D eigenvalue weighted by Gasteiger charge is -2.08. The lowest BCUT2D eigenvalue weighted by atomic mass is 10.1. The normalized spacial score (nSPS) is 11.4. The summed E-state index contributed by atoms with van der Waals surface area (Å²) in [5, 5.41) is 19.3. The molecule has 0 radical (unpaired) electrons. The van der Waals surface area contributed by atoms with Gasteiger partial charge in [0.15, 0.2) is 0 Å². The number of aromatic nitrogens is 1. The van der Waals surface area contributed by atoms with Crippen LogP contribution in [0.2, 0.25) is 0 Å². The van der Waals surface area contributed by atoms with Gasteiger partial charge in [0.05, 0.1) is 10.7 Å². The zero-order valence-corrected chi connectivity index (χ0v) is 11.1. The molecule has 0 fully saturated rings. The number of nitro benzene ring substituents is 1. The third-order valence-corrected chi connectivity index (χ3v) is 3.42. The van der Waals surface area contributed by atoms with Crippen molar-refractivity contribution in [1.29, 1.82) is 0 Å². The van der Waals surface area contributed by atoms with Crippen molar-refractivity contribution < 1.29 is 13.3 Å². The van der Waals surface area contributed by atoms with Crippen LogP contribution in [0, 0.1) is 10.1 Å². The Morgan fingerprint density at radius 2 is 2.10 bits per heavy atom. The van der Waals surface area contributed by atoms with Crippen LogP contribution in [0.1, 0.15) is 0 Å². The number of sulfonamides is 1. The van der Waals surface area contributed by atoms with Crippen LogP contribution in [0.15, 0.2) is 30.5 Å². The van der Waals surface area contributed by atoms with E-state index in [0.29, 0.717) is 11.1 Å². The van der Waals surface area contributed by atoms with E-state index in [1.54, 1.807) is 12.1 Å². The van der Waals surface area contributed by atoms with E-state index in [9.17, 15) is 18.5 Å². The number of nitro groups is 1. The Hall–Kier alpha value is -2.26. The molecule has 20 heavy (non-hydrogen) atoms. The van der Waals surface area contributed by atoms with Gasteiger partial charge in [-0.15, -0.1) is 0 Å². The van der Waals surface area contributed by atoms with Gasteiger partial charge in [0.1, 0.15) is 5.52 Å². The van der Waals surface area contributed by atoms with Gasteiger partial charge >= 0.3 is 0 Å². The van der Waals surface area contributed by atoms with Crippen molar-refractivity contribution in [2.45, 2.75) is 0 Å². The molecule has 0 spiro atoms. The highest BCUT2D eigenvalue weighted by molar-refractivity contribution is 7.89. The first-order chi connectivity index (χ1) is 9.38. The number of fused-ring (bicyclic) bond motifs is 1. The fourth-order valence-corrected chi connectivity index (χ4v) is 2.17. The first kappa shape index (κ1) is 14.2. The number of nitrogens with one attached hydrogen (secondary N) is 1. The van der Waals surface area contributed by atoms with Gasteiger partial charge in [0.25, 0.3) is 5.69 Å². The van der Waals surface area contributed by atoms with E-state index < -0.39 is 14.9 Å². The molecule has 0 unspecified atom stereocenters. The lowest BCUT2D eigenvalue weighted by Crippen LogP contribution is -2.22. The first-order valence-corrected chi connectivity index (χ1v) is 7.36. The average molecular weight is 296 g/mol. The molecule has 0 atom stereocenters. The minimum Gasteiger partial charge on any atom is -0.383 e. The molecule has 106 valence electrons. The molecule has 2 aromatic rings. The standard InChI is InChI=1S/C11H12N4O4S/c12-20(18,19)7-6-13-9-3-4-10(15(16)17)11-8(9)2-1-5-14-11/h1-5,13H,6-7H2,(H2,12,18,19). The summed E-state index contributed by atoms with van der Waals surface area (Å²) in [5.41, 5.74) is 0.720. The second-order valence-electron chi connectivity index (χ2n) is 4.08. The molecule has 1 aromatic carbocycles. The molecule has 0 amide bonds. The second kappa shape index (κ2) is 5.39. The number of hydrogen-bond acceptors (Lipinski definition) is 6. The highest BCUT2D eigenvalue weighted by Gasteiger charge is 2.15. The van der Waals surface area contributed by atoms with E-state index >= 15 is 0 Å². The Bertz CT molecular complexity index is 760. The van der Waals surface area contributed by atoms with Crippen molar-refractivity contribution in [3.8, 4) is 0 Å². The summed E-state index contributed by atoms with van der Waals surface area (Å²) in [6, 6.07) is 6.17. The largest absolute Gasteiger partial charge is 0.383 e. The van der Waals surface area contributed by atoms with Gasteiger partial charge in [0.2, 0.25) is 10.0 Å². The summed E-state index contributed by atoms with van der Waals surface area (Å²) in [5.74, 6) is -0.230. The molecule has 8 nitrogen and oxygen atoms in total. The van der Waals surface area contributed by atoms with Gasteiger partial charge < -0.3 is 5.32 Å². The summed E-state index contributed by atoms with van der Waals surface area (Å²) in [6.07, 6.45) is 1.46.